The summed E-state index contributed by atoms with van der Waals surface area (Å²) in [5, 5.41) is 2.95. The van der Waals surface area contributed by atoms with E-state index in [4.69, 9.17) is 39.5 Å². The second-order valence-electron chi connectivity index (χ2n) is 6.08. The lowest BCUT2D eigenvalue weighted by molar-refractivity contribution is -0.119. The summed E-state index contributed by atoms with van der Waals surface area (Å²) in [6, 6.07) is 10.5. The molecule has 0 radical (unpaired) electrons. The van der Waals surface area contributed by atoms with E-state index in [9.17, 15) is 9.59 Å². The molecule has 1 N–H and O–H groups in total. The van der Waals surface area contributed by atoms with Gasteiger partial charge >= 0.3 is 5.97 Å². The molecule has 0 atom stereocenters. The van der Waals surface area contributed by atoms with Gasteiger partial charge in [-0.1, -0.05) is 34.8 Å². The van der Waals surface area contributed by atoms with Crippen molar-refractivity contribution < 1.29 is 14.3 Å². The van der Waals surface area contributed by atoms with Crippen molar-refractivity contribution in [2.24, 2.45) is 0 Å². The second-order valence-corrected chi connectivity index (χ2v) is 7.28. The van der Waals surface area contributed by atoms with Crippen molar-refractivity contribution in [3.8, 4) is 0 Å². The summed E-state index contributed by atoms with van der Waals surface area (Å²) in [7, 11) is 0. The predicted molar refractivity (Wildman–Crippen MR) is 108 cm³/mol. The number of benzene rings is 2. The standard InChI is InChI=1S/C19H17Cl3N2O3/c20-14-7-8-15(21)18(22)17(14)19(26)27-11-16(25)23-12-3-5-13(6-4-12)24-9-1-2-10-24/h3-8H,1-2,9-11H2,(H,23,25). The zero-order valence-corrected chi connectivity index (χ0v) is 16.6. The lowest BCUT2D eigenvalue weighted by Crippen LogP contribution is -2.21. The van der Waals surface area contributed by atoms with Crippen LogP contribution in [0.15, 0.2) is 36.4 Å². The maximum absolute atomic E-state index is 12.2. The molecule has 27 heavy (non-hydrogen) atoms. The van der Waals surface area contributed by atoms with Crippen molar-refractivity contribution in [2.45, 2.75) is 12.8 Å². The Bertz CT molecular complexity index is 850. The highest BCUT2D eigenvalue weighted by Crippen LogP contribution is 2.31. The molecule has 0 aromatic heterocycles. The molecule has 3 rings (SSSR count). The minimum absolute atomic E-state index is 0.00734. The number of rotatable bonds is 5. The predicted octanol–water partition coefficient (Wildman–Crippen LogP) is 5.04. The zero-order chi connectivity index (χ0) is 19.4. The van der Waals surface area contributed by atoms with Gasteiger partial charge in [0.2, 0.25) is 0 Å². The Labute approximate surface area is 172 Å². The van der Waals surface area contributed by atoms with Crippen LogP contribution in [0.4, 0.5) is 11.4 Å². The number of anilines is 2. The first kappa shape index (κ1) is 19.8. The van der Waals surface area contributed by atoms with Crippen molar-refractivity contribution in [1.29, 1.82) is 0 Å². The van der Waals surface area contributed by atoms with E-state index in [0.29, 0.717) is 5.69 Å². The molecule has 0 unspecified atom stereocenters. The Hall–Kier alpha value is -1.95. The summed E-state index contributed by atoms with van der Waals surface area (Å²) in [5.41, 5.74) is 1.69. The molecule has 1 aliphatic heterocycles. The van der Waals surface area contributed by atoms with Crippen LogP contribution in [-0.4, -0.2) is 31.6 Å². The van der Waals surface area contributed by atoms with Gasteiger partial charge in [0.05, 0.1) is 20.6 Å². The van der Waals surface area contributed by atoms with E-state index in [1.54, 1.807) is 0 Å². The first-order valence-corrected chi connectivity index (χ1v) is 9.54. The van der Waals surface area contributed by atoms with E-state index in [2.05, 4.69) is 10.2 Å². The highest BCUT2D eigenvalue weighted by Gasteiger charge is 2.20. The largest absolute Gasteiger partial charge is 0.452 e. The van der Waals surface area contributed by atoms with Crippen LogP contribution in [0.1, 0.15) is 23.2 Å². The number of halogens is 3. The van der Waals surface area contributed by atoms with E-state index in [1.807, 2.05) is 24.3 Å². The Morgan fingerprint density at radius 2 is 1.59 bits per heavy atom. The van der Waals surface area contributed by atoms with Gasteiger partial charge in [0.1, 0.15) is 0 Å². The first-order valence-electron chi connectivity index (χ1n) is 8.41. The van der Waals surface area contributed by atoms with Gasteiger partial charge in [-0.2, -0.15) is 0 Å². The van der Waals surface area contributed by atoms with E-state index in [1.165, 1.54) is 25.0 Å². The van der Waals surface area contributed by atoms with Crippen LogP contribution < -0.4 is 10.2 Å². The third-order valence-electron chi connectivity index (χ3n) is 4.20. The third kappa shape index (κ3) is 4.86. The maximum Gasteiger partial charge on any atom is 0.341 e. The highest BCUT2D eigenvalue weighted by molar-refractivity contribution is 6.46. The topological polar surface area (TPSA) is 58.6 Å². The lowest BCUT2D eigenvalue weighted by Gasteiger charge is -2.17. The van der Waals surface area contributed by atoms with Crippen molar-refractivity contribution in [2.75, 3.05) is 29.9 Å². The summed E-state index contributed by atoms with van der Waals surface area (Å²) < 4.78 is 5.00. The van der Waals surface area contributed by atoms with Crippen molar-refractivity contribution >= 4 is 58.1 Å². The molecule has 5 nitrogen and oxygen atoms in total. The molecule has 0 saturated carbocycles. The van der Waals surface area contributed by atoms with Crippen molar-refractivity contribution in [3.63, 3.8) is 0 Å². The van der Waals surface area contributed by atoms with Crippen LogP contribution in [0.5, 0.6) is 0 Å². The number of esters is 1. The molecule has 0 bridgehead atoms. The van der Waals surface area contributed by atoms with Crippen LogP contribution in [0, 0.1) is 0 Å². The van der Waals surface area contributed by atoms with Crippen LogP contribution in [-0.2, 0) is 9.53 Å². The molecule has 8 heteroatoms. The molecule has 1 saturated heterocycles. The molecular weight excluding hydrogens is 411 g/mol. The molecule has 0 spiro atoms. The Morgan fingerprint density at radius 1 is 0.963 bits per heavy atom. The first-order chi connectivity index (χ1) is 13.0. The smallest absolute Gasteiger partial charge is 0.341 e. The summed E-state index contributed by atoms with van der Waals surface area (Å²) in [6.07, 6.45) is 2.40. The fourth-order valence-electron chi connectivity index (χ4n) is 2.85. The number of carbonyl (C=O) groups is 2. The molecule has 0 aliphatic carbocycles. The normalized spacial score (nSPS) is 13.5. The number of ether oxygens (including phenoxy) is 1. The average Bonchev–Trinajstić information content (AvgIpc) is 3.19. The molecule has 2 aromatic carbocycles. The lowest BCUT2D eigenvalue weighted by atomic mass is 10.2. The molecule has 2 aromatic rings. The maximum atomic E-state index is 12.2. The number of amides is 1. The Morgan fingerprint density at radius 3 is 2.26 bits per heavy atom. The van der Waals surface area contributed by atoms with E-state index in [0.717, 1.165) is 18.8 Å². The van der Waals surface area contributed by atoms with Gasteiger partial charge in [-0.25, -0.2) is 4.79 Å². The van der Waals surface area contributed by atoms with Gasteiger partial charge < -0.3 is 15.0 Å². The van der Waals surface area contributed by atoms with E-state index < -0.39 is 18.5 Å². The summed E-state index contributed by atoms with van der Waals surface area (Å²) in [4.78, 5) is 26.5. The average molecular weight is 428 g/mol. The monoisotopic (exact) mass is 426 g/mol. The Kier molecular flexibility index (Phi) is 6.47. The molecular formula is C19H17Cl3N2O3. The number of hydrogen-bond donors (Lipinski definition) is 1. The van der Waals surface area contributed by atoms with E-state index in [-0.39, 0.29) is 20.6 Å². The van der Waals surface area contributed by atoms with Gasteiger partial charge in [0.15, 0.2) is 6.61 Å². The van der Waals surface area contributed by atoms with Crippen LogP contribution in [0.25, 0.3) is 0 Å². The minimum atomic E-state index is -0.813. The van der Waals surface area contributed by atoms with Gasteiger partial charge in [0.25, 0.3) is 5.91 Å². The second kappa shape index (κ2) is 8.83. The van der Waals surface area contributed by atoms with E-state index >= 15 is 0 Å². The van der Waals surface area contributed by atoms with Crippen molar-refractivity contribution in [3.05, 3.63) is 57.0 Å². The number of hydrogen-bond acceptors (Lipinski definition) is 4. The summed E-state index contributed by atoms with van der Waals surface area (Å²) in [5.74, 6) is -1.28. The molecule has 142 valence electrons. The van der Waals surface area contributed by atoms with Crippen LogP contribution in [0.2, 0.25) is 15.1 Å². The van der Waals surface area contributed by atoms with Crippen molar-refractivity contribution in [1.82, 2.24) is 0 Å². The molecule has 1 fully saturated rings. The van der Waals surface area contributed by atoms with Gasteiger partial charge in [0, 0.05) is 24.5 Å². The Balaban J connectivity index is 1.55. The summed E-state index contributed by atoms with van der Waals surface area (Å²) >= 11 is 17.8. The van der Waals surface area contributed by atoms with Crippen LogP contribution >= 0.6 is 34.8 Å². The minimum Gasteiger partial charge on any atom is -0.452 e. The quantitative estimate of drug-likeness (QED) is 0.536. The van der Waals surface area contributed by atoms with Crippen LogP contribution in [0.3, 0.4) is 0 Å². The zero-order valence-electron chi connectivity index (χ0n) is 14.3. The number of nitrogens with zero attached hydrogens (tertiary/aromatic N) is 1. The highest BCUT2D eigenvalue weighted by atomic mass is 35.5. The third-order valence-corrected chi connectivity index (χ3v) is 5.32. The molecule has 1 amide bonds. The fourth-order valence-corrected chi connectivity index (χ4v) is 3.53. The number of carbonyl (C=O) groups excluding carboxylic acids is 2. The number of nitrogens with one attached hydrogen (secondary N) is 1. The molecule has 1 heterocycles. The SMILES string of the molecule is O=C(COC(=O)c1c(Cl)ccc(Cl)c1Cl)Nc1ccc(N2CCCC2)cc1. The summed E-state index contributed by atoms with van der Waals surface area (Å²) in [6.45, 7) is 1.64. The molecule has 1 aliphatic rings. The van der Waals surface area contributed by atoms with Gasteiger partial charge in [-0.15, -0.1) is 0 Å². The fraction of sp³-hybridized carbons (Fsp3) is 0.263. The van der Waals surface area contributed by atoms with Gasteiger partial charge in [-0.05, 0) is 49.2 Å². The van der Waals surface area contributed by atoms with Gasteiger partial charge in [-0.3, -0.25) is 4.79 Å².